The first kappa shape index (κ1) is 21.6. The van der Waals surface area contributed by atoms with Crippen LogP contribution >= 0.6 is 0 Å². The van der Waals surface area contributed by atoms with Gasteiger partial charge in [0.2, 0.25) is 5.91 Å². The fourth-order valence-corrected chi connectivity index (χ4v) is 3.12. The fourth-order valence-electron chi connectivity index (χ4n) is 3.12. The number of amides is 1. The minimum Gasteiger partial charge on any atom is -0.488 e. The quantitative estimate of drug-likeness (QED) is 0.599. The van der Waals surface area contributed by atoms with Gasteiger partial charge in [-0.2, -0.15) is 13.2 Å². The molecule has 0 bridgehead atoms. The van der Waals surface area contributed by atoms with Crippen molar-refractivity contribution in [2.24, 2.45) is 0 Å². The van der Waals surface area contributed by atoms with Crippen molar-refractivity contribution in [2.75, 3.05) is 13.2 Å². The summed E-state index contributed by atoms with van der Waals surface area (Å²) in [6.07, 6.45) is -1.45. The summed E-state index contributed by atoms with van der Waals surface area (Å²) in [6, 6.07) is 7.37. The largest absolute Gasteiger partial charge is 0.488 e. The number of pyridine rings is 1. The maximum absolute atomic E-state index is 12.9. The molecule has 1 fully saturated rings. The van der Waals surface area contributed by atoms with E-state index in [0.29, 0.717) is 36.1 Å². The molecule has 9 heteroatoms. The summed E-state index contributed by atoms with van der Waals surface area (Å²) in [5, 5.41) is 11.6. The summed E-state index contributed by atoms with van der Waals surface area (Å²) in [6.45, 7) is 0.110. The number of halogens is 3. The average molecular weight is 422 g/mol. The van der Waals surface area contributed by atoms with Crippen LogP contribution in [0.25, 0.3) is 5.57 Å². The molecule has 0 spiro atoms. The molecule has 0 unspecified atom stereocenters. The van der Waals surface area contributed by atoms with E-state index in [0.717, 1.165) is 12.1 Å². The number of aromatic amines is 1. The van der Waals surface area contributed by atoms with Crippen molar-refractivity contribution in [1.82, 2.24) is 10.3 Å². The molecule has 0 radical (unpaired) electrons. The van der Waals surface area contributed by atoms with Crippen LogP contribution in [0, 0.1) is 0 Å². The number of carbonyl (C=O) groups is 1. The Morgan fingerprint density at radius 2 is 1.90 bits per heavy atom. The van der Waals surface area contributed by atoms with Gasteiger partial charge in [0.25, 0.3) is 5.56 Å². The molecule has 0 aliphatic carbocycles. The predicted octanol–water partition coefficient (Wildman–Crippen LogP) is 2.87. The zero-order valence-corrected chi connectivity index (χ0v) is 16.0. The maximum Gasteiger partial charge on any atom is 0.416 e. The Kier molecular flexibility index (Phi) is 6.61. The van der Waals surface area contributed by atoms with Gasteiger partial charge in [-0.15, -0.1) is 0 Å². The fraction of sp³-hybridized carbons (Fsp3) is 0.333. The number of nitrogens with one attached hydrogen (secondary N) is 2. The molecule has 160 valence electrons. The lowest BCUT2D eigenvalue weighted by molar-refractivity contribution is -0.137. The predicted molar refractivity (Wildman–Crippen MR) is 104 cm³/mol. The van der Waals surface area contributed by atoms with Gasteiger partial charge >= 0.3 is 6.18 Å². The molecule has 2 aromatic rings. The van der Waals surface area contributed by atoms with Gasteiger partial charge in [0.1, 0.15) is 0 Å². The molecule has 1 amide bonds. The molecule has 1 aromatic carbocycles. The number of aromatic nitrogens is 1. The molecule has 2 heterocycles. The van der Waals surface area contributed by atoms with Crippen LogP contribution in [0.5, 0.6) is 5.75 Å². The molecule has 1 aliphatic rings. The number of carbonyl (C=O) groups excluding carboxylic acids is 1. The second-order valence-corrected chi connectivity index (χ2v) is 6.86. The SMILES string of the molecule is O=C1CC[C@H](/C=C(\c2ccc(C(F)(F)F)cc2)c2ccc(OCCCO)c(=O)[nH]2)N1. The first-order valence-electron chi connectivity index (χ1n) is 9.44. The van der Waals surface area contributed by atoms with Crippen LogP contribution in [0.15, 0.2) is 47.3 Å². The zero-order valence-electron chi connectivity index (χ0n) is 16.0. The summed E-state index contributed by atoms with van der Waals surface area (Å²) >= 11 is 0. The summed E-state index contributed by atoms with van der Waals surface area (Å²) < 4.78 is 44.0. The number of rotatable bonds is 7. The molecule has 1 saturated heterocycles. The zero-order chi connectivity index (χ0) is 21.7. The number of benzene rings is 1. The minimum atomic E-state index is -4.45. The van der Waals surface area contributed by atoms with E-state index in [4.69, 9.17) is 9.84 Å². The van der Waals surface area contributed by atoms with E-state index in [2.05, 4.69) is 10.3 Å². The lowest BCUT2D eigenvalue weighted by Crippen LogP contribution is -2.23. The highest BCUT2D eigenvalue weighted by molar-refractivity contribution is 5.82. The molecule has 30 heavy (non-hydrogen) atoms. The molecule has 3 N–H and O–H groups in total. The van der Waals surface area contributed by atoms with E-state index in [1.54, 1.807) is 12.1 Å². The third kappa shape index (κ3) is 5.29. The topological polar surface area (TPSA) is 91.4 Å². The van der Waals surface area contributed by atoms with Gasteiger partial charge in [0, 0.05) is 36.8 Å². The molecular formula is C21H21F3N2O4. The van der Waals surface area contributed by atoms with Crippen LogP contribution in [-0.4, -0.2) is 35.3 Å². The van der Waals surface area contributed by atoms with Crippen molar-refractivity contribution < 1.29 is 27.8 Å². The number of hydrogen-bond acceptors (Lipinski definition) is 4. The first-order chi connectivity index (χ1) is 14.3. The number of aliphatic hydroxyl groups is 1. The molecule has 1 aromatic heterocycles. The van der Waals surface area contributed by atoms with E-state index in [1.807, 2.05) is 0 Å². The van der Waals surface area contributed by atoms with Gasteiger partial charge in [0.05, 0.1) is 12.2 Å². The Bertz CT molecular complexity index is 981. The van der Waals surface area contributed by atoms with E-state index < -0.39 is 17.3 Å². The van der Waals surface area contributed by atoms with Crippen LogP contribution in [0.2, 0.25) is 0 Å². The van der Waals surface area contributed by atoms with E-state index in [-0.39, 0.29) is 30.9 Å². The van der Waals surface area contributed by atoms with Gasteiger partial charge in [-0.05, 0) is 36.2 Å². The number of alkyl halides is 3. The second kappa shape index (κ2) is 9.17. The molecule has 6 nitrogen and oxygen atoms in total. The summed E-state index contributed by atoms with van der Waals surface area (Å²) in [5.74, 6) is -0.0303. The van der Waals surface area contributed by atoms with Gasteiger partial charge in [-0.3, -0.25) is 9.59 Å². The lowest BCUT2D eigenvalue weighted by atomic mass is 9.98. The van der Waals surface area contributed by atoms with Crippen molar-refractivity contribution in [3.63, 3.8) is 0 Å². The van der Waals surface area contributed by atoms with Crippen LogP contribution in [0.4, 0.5) is 13.2 Å². The van der Waals surface area contributed by atoms with Crippen LogP contribution < -0.4 is 15.6 Å². The van der Waals surface area contributed by atoms with E-state index in [1.165, 1.54) is 18.2 Å². The third-order valence-corrected chi connectivity index (χ3v) is 4.64. The second-order valence-electron chi connectivity index (χ2n) is 6.86. The van der Waals surface area contributed by atoms with Crippen LogP contribution in [0.1, 0.15) is 36.1 Å². The number of ether oxygens (including phenoxy) is 1. The standard InChI is InChI=1S/C21H21F3N2O4/c22-21(23,24)14-4-2-13(3-5-14)16(12-15-6-9-19(28)25-15)17-7-8-18(20(29)26-17)30-11-1-10-27/h2-5,7-8,12,15,27H,1,6,9-11H2,(H,25,28)(H,26,29)/b16-12+/t15-/m1/s1. The normalized spacial score (nSPS) is 17.1. The number of H-pyrrole nitrogens is 1. The maximum atomic E-state index is 12.9. The Balaban J connectivity index is 1.96. The third-order valence-electron chi connectivity index (χ3n) is 4.64. The average Bonchev–Trinajstić information content (AvgIpc) is 3.12. The van der Waals surface area contributed by atoms with E-state index in [9.17, 15) is 22.8 Å². The van der Waals surface area contributed by atoms with Crippen LogP contribution in [-0.2, 0) is 11.0 Å². The first-order valence-corrected chi connectivity index (χ1v) is 9.44. The molecule has 3 rings (SSSR count). The number of aliphatic hydroxyl groups excluding tert-OH is 1. The lowest BCUT2D eigenvalue weighted by Gasteiger charge is -2.14. The van der Waals surface area contributed by atoms with Gasteiger partial charge in [0.15, 0.2) is 5.75 Å². The van der Waals surface area contributed by atoms with Crippen molar-refractivity contribution in [1.29, 1.82) is 0 Å². The van der Waals surface area contributed by atoms with Crippen molar-refractivity contribution in [2.45, 2.75) is 31.5 Å². The van der Waals surface area contributed by atoms with Crippen molar-refractivity contribution in [3.8, 4) is 5.75 Å². The highest BCUT2D eigenvalue weighted by Gasteiger charge is 2.30. The van der Waals surface area contributed by atoms with Gasteiger partial charge < -0.3 is 20.1 Å². The summed E-state index contributed by atoms with van der Waals surface area (Å²) in [4.78, 5) is 26.6. The van der Waals surface area contributed by atoms with Crippen molar-refractivity contribution >= 4 is 11.5 Å². The molecule has 0 saturated carbocycles. The van der Waals surface area contributed by atoms with E-state index >= 15 is 0 Å². The van der Waals surface area contributed by atoms with Crippen LogP contribution in [0.3, 0.4) is 0 Å². The Labute approximate surface area is 170 Å². The minimum absolute atomic E-state index is 0.0656. The molecule has 1 atom stereocenters. The summed E-state index contributed by atoms with van der Waals surface area (Å²) in [7, 11) is 0. The molecular weight excluding hydrogens is 401 g/mol. The van der Waals surface area contributed by atoms with Gasteiger partial charge in [-0.1, -0.05) is 18.2 Å². The van der Waals surface area contributed by atoms with Gasteiger partial charge in [-0.25, -0.2) is 0 Å². The van der Waals surface area contributed by atoms with Crippen molar-refractivity contribution in [3.05, 3.63) is 69.6 Å². The highest BCUT2D eigenvalue weighted by atomic mass is 19.4. The smallest absolute Gasteiger partial charge is 0.416 e. The Hall–Kier alpha value is -3.07. The summed E-state index contributed by atoms with van der Waals surface area (Å²) in [5.41, 5.74) is 0.0682. The monoisotopic (exact) mass is 422 g/mol. The number of hydrogen-bond donors (Lipinski definition) is 3. The Morgan fingerprint density at radius 3 is 2.47 bits per heavy atom. The highest BCUT2D eigenvalue weighted by Crippen LogP contribution is 2.31. The molecule has 1 aliphatic heterocycles. The Morgan fingerprint density at radius 1 is 1.17 bits per heavy atom.